The normalized spacial score (nSPS) is 11.5. The summed E-state index contributed by atoms with van der Waals surface area (Å²) in [6, 6.07) is 29.7. The van der Waals surface area contributed by atoms with E-state index >= 15 is 0 Å². The third-order valence-electron chi connectivity index (χ3n) is 5.26. The summed E-state index contributed by atoms with van der Waals surface area (Å²) >= 11 is 0. The third kappa shape index (κ3) is 6.11. The van der Waals surface area contributed by atoms with E-state index in [2.05, 4.69) is 9.71 Å². The second-order valence-corrected chi connectivity index (χ2v) is 9.70. The zero-order valence-corrected chi connectivity index (χ0v) is 19.9. The number of sulfonamides is 1. The molecule has 34 heavy (non-hydrogen) atoms. The standard InChI is InChI=1S/C28H26N2O3S/c1-21-8-17-28(22(2)18-21)30-34(31,32)27-15-11-25(12-16-27)29-19-23-9-13-26(14-10-23)33-20-24-6-4-3-5-7-24/h3-19,30H,20H2,1-2H3. The van der Waals surface area contributed by atoms with Crippen molar-refractivity contribution in [3.05, 3.63) is 119 Å². The molecule has 0 spiro atoms. The molecule has 6 heteroatoms. The number of rotatable bonds is 8. The average Bonchev–Trinajstić information content (AvgIpc) is 2.85. The van der Waals surface area contributed by atoms with E-state index in [4.69, 9.17) is 4.74 Å². The number of aryl methyl sites for hydroxylation is 2. The van der Waals surface area contributed by atoms with Crippen LogP contribution < -0.4 is 9.46 Å². The van der Waals surface area contributed by atoms with Gasteiger partial charge < -0.3 is 4.74 Å². The van der Waals surface area contributed by atoms with Gasteiger partial charge in [-0.25, -0.2) is 8.42 Å². The Labute approximate surface area is 200 Å². The van der Waals surface area contributed by atoms with E-state index in [0.717, 1.165) is 28.0 Å². The first-order valence-corrected chi connectivity index (χ1v) is 12.4. The summed E-state index contributed by atoms with van der Waals surface area (Å²) in [5.74, 6) is 0.784. The number of ether oxygens (including phenoxy) is 1. The summed E-state index contributed by atoms with van der Waals surface area (Å²) in [5, 5.41) is 0. The summed E-state index contributed by atoms with van der Waals surface area (Å²) in [6.45, 7) is 4.37. The first kappa shape index (κ1) is 23.3. The van der Waals surface area contributed by atoms with Gasteiger partial charge in [0.05, 0.1) is 16.3 Å². The highest BCUT2D eigenvalue weighted by Gasteiger charge is 2.15. The zero-order chi connectivity index (χ0) is 24.0. The van der Waals surface area contributed by atoms with Crippen LogP contribution in [0.3, 0.4) is 0 Å². The van der Waals surface area contributed by atoms with Crippen molar-refractivity contribution >= 4 is 27.6 Å². The van der Waals surface area contributed by atoms with E-state index in [1.807, 2.05) is 80.6 Å². The van der Waals surface area contributed by atoms with E-state index in [1.54, 1.807) is 36.5 Å². The number of anilines is 1. The highest BCUT2D eigenvalue weighted by atomic mass is 32.2. The molecule has 0 fully saturated rings. The lowest BCUT2D eigenvalue weighted by Crippen LogP contribution is -2.13. The van der Waals surface area contributed by atoms with Gasteiger partial charge in [0.1, 0.15) is 12.4 Å². The fourth-order valence-electron chi connectivity index (χ4n) is 3.38. The second kappa shape index (κ2) is 10.4. The molecule has 1 N–H and O–H groups in total. The Morgan fingerprint density at radius 3 is 2.24 bits per heavy atom. The van der Waals surface area contributed by atoms with Gasteiger partial charge in [-0.15, -0.1) is 0 Å². The van der Waals surface area contributed by atoms with Gasteiger partial charge in [-0.2, -0.15) is 0 Å². The average molecular weight is 471 g/mol. The summed E-state index contributed by atoms with van der Waals surface area (Å²) in [5.41, 5.74) is 5.22. The molecule has 0 aliphatic heterocycles. The SMILES string of the molecule is Cc1ccc(NS(=O)(=O)c2ccc(N=Cc3ccc(OCc4ccccc4)cc3)cc2)c(C)c1. The fourth-order valence-corrected chi connectivity index (χ4v) is 4.51. The molecule has 4 rings (SSSR count). The summed E-state index contributed by atoms with van der Waals surface area (Å²) in [7, 11) is -3.68. The highest BCUT2D eigenvalue weighted by molar-refractivity contribution is 7.92. The second-order valence-electron chi connectivity index (χ2n) is 8.02. The van der Waals surface area contributed by atoms with Crippen molar-refractivity contribution in [3.63, 3.8) is 0 Å². The number of aliphatic imine (C=N–C) groups is 1. The third-order valence-corrected chi connectivity index (χ3v) is 6.65. The van der Waals surface area contributed by atoms with Gasteiger partial charge in [-0.1, -0.05) is 48.0 Å². The first-order valence-electron chi connectivity index (χ1n) is 10.9. The Kier molecular flexibility index (Phi) is 7.09. The van der Waals surface area contributed by atoms with Crippen LogP contribution in [0.25, 0.3) is 0 Å². The molecule has 0 aliphatic rings. The molecular formula is C28H26N2O3S. The Morgan fingerprint density at radius 1 is 0.853 bits per heavy atom. The monoisotopic (exact) mass is 470 g/mol. The van der Waals surface area contributed by atoms with Crippen molar-refractivity contribution in [2.24, 2.45) is 4.99 Å². The van der Waals surface area contributed by atoms with Crippen LogP contribution in [0.15, 0.2) is 107 Å². The number of hydrogen-bond donors (Lipinski definition) is 1. The van der Waals surface area contributed by atoms with Gasteiger partial charge >= 0.3 is 0 Å². The van der Waals surface area contributed by atoms with Gasteiger partial charge in [-0.3, -0.25) is 9.71 Å². The molecule has 0 amide bonds. The van der Waals surface area contributed by atoms with E-state index in [9.17, 15) is 8.42 Å². The Bertz CT molecular complexity index is 1380. The Morgan fingerprint density at radius 2 is 1.56 bits per heavy atom. The number of benzene rings is 4. The quantitative estimate of drug-likeness (QED) is 0.302. The maximum atomic E-state index is 12.7. The lowest BCUT2D eigenvalue weighted by Gasteiger charge is -2.11. The molecule has 0 saturated carbocycles. The Hall–Kier alpha value is -3.90. The molecule has 0 heterocycles. The molecule has 0 radical (unpaired) electrons. The molecule has 4 aromatic carbocycles. The Balaban J connectivity index is 1.37. The van der Waals surface area contributed by atoms with E-state index in [1.165, 1.54) is 0 Å². The predicted octanol–water partition coefficient (Wildman–Crippen LogP) is 6.43. The van der Waals surface area contributed by atoms with E-state index in [-0.39, 0.29) is 4.90 Å². The lowest BCUT2D eigenvalue weighted by molar-refractivity contribution is 0.306. The molecule has 0 aliphatic carbocycles. The summed E-state index contributed by atoms with van der Waals surface area (Å²) in [6.07, 6.45) is 1.73. The van der Waals surface area contributed by atoms with Gasteiger partial charge in [0.25, 0.3) is 10.0 Å². The molecular weight excluding hydrogens is 444 g/mol. The molecule has 172 valence electrons. The predicted molar refractivity (Wildman–Crippen MR) is 138 cm³/mol. The maximum absolute atomic E-state index is 12.7. The number of nitrogens with one attached hydrogen (secondary N) is 1. The topological polar surface area (TPSA) is 67.8 Å². The van der Waals surface area contributed by atoms with Crippen LogP contribution in [-0.2, 0) is 16.6 Å². The largest absolute Gasteiger partial charge is 0.489 e. The number of nitrogens with zero attached hydrogens (tertiary/aromatic N) is 1. The summed E-state index contributed by atoms with van der Waals surface area (Å²) in [4.78, 5) is 4.64. The first-order chi connectivity index (χ1) is 16.4. The van der Waals surface area contributed by atoms with Crippen molar-refractivity contribution in [2.75, 3.05) is 4.72 Å². The van der Waals surface area contributed by atoms with Crippen molar-refractivity contribution in [3.8, 4) is 5.75 Å². The molecule has 0 bridgehead atoms. The van der Waals surface area contributed by atoms with E-state index < -0.39 is 10.0 Å². The minimum atomic E-state index is -3.68. The van der Waals surface area contributed by atoms with Gasteiger partial charge in [0.15, 0.2) is 0 Å². The molecule has 0 aromatic heterocycles. The zero-order valence-electron chi connectivity index (χ0n) is 19.1. The van der Waals surface area contributed by atoms with Gasteiger partial charge in [0, 0.05) is 6.21 Å². The molecule has 5 nitrogen and oxygen atoms in total. The van der Waals surface area contributed by atoms with Crippen molar-refractivity contribution in [1.29, 1.82) is 0 Å². The van der Waals surface area contributed by atoms with Gasteiger partial charge in [-0.05, 0) is 85.1 Å². The molecule has 4 aromatic rings. The molecule has 0 saturated heterocycles. The highest BCUT2D eigenvalue weighted by Crippen LogP contribution is 2.23. The van der Waals surface area contributed by atoms with Crippen molar-refractivity contribution in [1.82, 2.24) is 0 Å². The lowest BCUT2D eigenvalue weighted by atomic mass is 10.1. The van der Waals surface area contributed by atoms with Crippen LogP contribution in [0, 0.1) is 13.8 Å². The van der Waals surface area contributed by atoms with Crippen molar-refractivity contribution in [2.45, 2.75) is 25.3 Å². The van der Waals surface area contributed by atoms with Crippen LogP contribution >= 0.6 is 0 Å². The maximum Gasteiger partial charge on any atom is 0.261 e. The van der Waals surface area contributed by atoms with E-state index in [0.29, 0.717) is 18.0 Å². The number of hydrogen-bond acceptors (Lipinski definition) is 4. The summed E-state index contributed by atoms with van der Waals surface area (Å²) < 4.78 is 33.9. The van der Waals surface area contributed by atoms with Crippen molar-refractivity contribution < 1.29 is 13.2 Å². The van der Waals surface area contributed by atoms with Crippen LogP contribution in [0.2, 0.25) is 0 Å². The smallest absolute Gasteiger partial charge is 0.261 e. The molecule has 0 atom stereocenters. The van der Waals surface area contributed by atoms with Crippen LogP contribution in [0.5, 0.6) is 5.75 Å². The minimum absolute atomic E-state index is 0.186. The molecule has 0 unspecified atom stereocenters. The van der Waals surface area contributed by atoms with Crippen LogP contribution in [-0.4, -0.2) is 14.6 Å². The minimum Gasteiger partial charge on any atom is -0.489 e. The van der Waals surface area contributed by atoms with Gasteiger partial charge in [0.2, 0.25) is 0 Å². The van der Waals surface area contributed by atoms with Crippen LogP contribution in [0.1, 0.15) is 22.3 Å². The fraction of sp³-hybridized carbons (Fsp3) is 0.107. The van der Waals surface area contributed by atoms with Crippen LogP contribution in [0.4, 0.5) is 11.4 Å².